The van der Waals surface area contributed by atoms with Gasteiger partial charge < -0.3 is 9.67 Å². The third-order valence-corrected chi connectivity index (χ3v) is 3.89. The molecule has 0 radical (unpaired) electrons. The van der Waals surface area contributed by atoms with E-state index >= 15 is 0 Å². The minimum absolute atomic E-state index is 0.238. The van der Waals surface area contributed by atoms with Gasteiger partial charge in [0, 0.05) is 17.8 Å². The quantitative estimate of drug-likeness (QED) is 0.538. The molecule has 5 nitrogen and oxygen atoms in total. The molecule has 0 saturated heterocycles. The SMILES string of the molecule is Cn1c(N=Nc2ccc(O)c3ccccc23)nc2ccccc21. The number of imidazole rings is 1. The lowest BCUT2D eigenvalue weighted by Crippen LogP contribution is -1.85. The smallest absolute Gasteiger partial charge is 0.250 e. The molecular weight excluding hydrogens is 288 g/mol. The van der Waals surface area contributed by atoms with Crippen LogP contribution in [0.5, 0.6) is 5.75 Å². The summed E-state index contributed by atoms with van der Waals surface area (Å²) in [6, 6.07) is 18.8. The Bertz CT molecular complexity index is 1050. The zero-order valence-electron chi connectivity index (χ0n) is 12.5. The van der Waals surface area contributed by atoms with Gasteiger partial charge in [-0.3, -0.25) is 0 Å². The van der Waals surface area contributed by atoms with Crippen LogP contribution in [0.25, 0.3) is 21.8 Å². The first-order valence-electron chi connectivity index (χ1n) is 7.28. The Morgan fingerprint density at radius 2 is 1.61 bits per heavy atom. The molecule has 0 bridgehead atoms. The molecule has 0 amide bonds. The summed E-state index contributed by atoms with van der Waals surface area (Å²) in [6.45, 7) is 0. The van der Waals surface area contributed by atoms with Crippen LogP contribution in [0, 0.1) is 0 Å². The molecule has 0 atom stereocenters. The van der Waals surface area contributed by atoms with Gasteiger partial charge in [-0.1, -0.05) is 36.4 Å². The second-order valence-corrected chi connectivity index (χ2v) is 5.31. The van der Waals surface area contributed by atoms with Crippen LogP contribution in [0.2, 0.25) is 0 Å². The molecule has 4 rings (SSSR count). The summed E-state index contributed by atoms with van der Waals surface area (Å²) in [6.07, 6.45) is 0. The van der Waals surface area contributed by atoms with E-state index in [1.165, 1.54) is 0 Å². The molecule has 5 heteroatoms. The van der Waals surface area contributed by atoms with E-state index < -0.39 is 0 Å². The fourth-order valence-electron chi connectivity index (χ4n) is 2.68. The van der Waals surface area contributed by atoms with E-state index in [9.17, 15) is 5.11 Å². The number of aromatic nitrogens is 2. The predicted molar refractivity (Wildman–Crippen MR) is 90.5 cm³/mol. The summed E-state index contributed by atoms with van der Waals surface area (Å²) in [5, 5.41) is 20.2. The van der Waals surface area contributed by atoms with Crippen LogP contribution in [0.3, 0.4) is 0 Å². The Labute approximate surface area is 132 Å². The number of aromatic hydroxyl groups is 1. The molecule has 1 aromatic heterocycles. The van der Waals surface area contributed by atoms with Crippen molar-refractivity contribution >= 4 is 33.4 Å². The van der Waals surface area contributed by atoms with Crippen molar-refractivity contribution in [1.82, 2.24) is 9.55 Å². The van der Waals surface area contributed by atoms with Crippen LogP contribution >= 0.6 is 0 Å². The molecule has 1 N–H and O–H groups in total. The van der Waals surface area contributed by atoms with Crippen LogP contribution < -0.4 is 0 Å². The molecule has 4 aromatic rings. The van der Waals surface area contributed by atoms with Gasteiger partial charge in [-0.15, -0.1) is 10.2 Å². The van der Waals surface area contributed by atoms with E-state index in [0.29, 0.717) is 11.6 Å². The molecule has 0 spiro atoms. The third-order valence-electron chi connectivity index (χ3n) is 3.89. The van der Waals surface area contributed by atoms with Crippen LogP contribution in [0.15, 0.2) is 70.9 Å². The van der Waals surface area contributed by atoms with Gasteiger partial charge in [0.05, 0.1) is 16.7 Å². The third kappa shape index (κ3) is 2.23. The van der Waals surface area contributed by atoms with Crippen molar-refractivity contribution in [2.45, 2.75) is 0 Å². The average molecular weight is 302 g/mol. The monoisotopic (exact) mass is 302 g/mol. The number of hydrogen-bond donors (Lipinski definition) is 1. The van der Waals surface area contributed by atoms with E-state index in [0.717, 1.165) is 21.8 Å². The molecule has 1 heterocycles. The molecule has 0 aliphatic carbocycles. The van der Waals surface area contributed by atoms with Crippen molar-refractivity contribution in [3.8, 4) is 5.75 Å². The van der Waals surface area contributed by atoms with Crippen LogP contribution in [0.4, 0.5) is 11.6 Å². The Balaban J connectivity index is 1.82. The Morgan fingerprint density at radius 1 is 0.870 bits per heavy atom. The minimum Gasteiger partial charge on any atom is -0.507 e. The second-order valence-electron chi connectivity index (χ2n) is 5.31. The van der Waals surface area contributed by atoms with Crippen molar-refractivity contribution < 1.29 is 5.11 Å². The van der Waals surface area contributed by atoms with Gasteiger partial charge in [0.2, 0.25) is 5.95 Å². The van der Waals surface area contributed by atoms with Crippen molar-refractivity contribution in [1.29, 1.82) is 0 Å². The molecule has 3 aromatic carbocycles. The van der Waals surface area contributed by atoms with Crippen molar-refractivity contribution in [3.05, 3.63) is 60.7 Å². The summed E-state index contributed by atoms with van der Waals surface area (Å²) in [7, 11) is 1.92. The molecule has 0 fully saturated rings. The zero-order chi connectivity index (χ0) is 15.8. The van der Waals surface area contributed by atoms with E-state index in [4.69, 9.17) is 0 Å². The fourth-order valence-corrected chi connectivity index (χ4v) is 2.68. The average Bonchev–Trinajstić information content (AvgIpc) is 2.91. The lowest BCUT2D eigenvalue weighted by Gasteiger charge is -2.03. The normalized spacial score (nSPS) is 11.7. The summed E-state index contributed by atoms with van der Waals surface area (Å²) in [5.41, 5.74) is 2.60. The Hall–Kier alpha value is -3.21. The molecule has 112 valence electrons. The summed E-state index contributed by atoms with van der Waals surface area (Å²) in [5.74, 6) is 0.783. The number of aryl methyl sites for hydroxylation is 1. The summed E-state index contributed by atoms with van der Waals surface area (Å²) >= 11 is 0. The predicted octanol–water partition coefficient (Wildman–Crippen LogP) is 4.85. The number of rotatable bonds is 2. The van der Waals surface area contributed by atoms with Crippen molar-refractivity contribution in [2.24, 2.45) is 17.3 Å². The van der Waals surface area contributed by atoms with Crippen LogP contribution in [-0.4, -0.2) is 14.7 Å². The first-order valence-corrected chi connectivity index (χ1v) is 7.28. The Morgan fingerprint density at radius 3 is 2.43 bits per heavy atom. The maximum Gasteiger partial charge on any atom is 0.250 e. The molecule has 0 saturated carbocycles. The maximum absolute atomic E-state index is 9.93. The number of benzene rings is 3. The lowest BCUT2D eigenvalue weighted by molar-refractivity contribution is 0.481. The highest BCUT2D eigenvalue weighted by molar-refractivity contribution is 5.96. The number of hydrogen-bond acceptors (Lipinski definition) is 4. The van der Waals surface area contributed by atoms with Crippen LogP contribution in [0.1, 0.15) is 0 Å². The first kappa shape index (κ1) is 13.5. The van der Waals surface area contributed by atoms with Gasteiger partial charge in [0.1, 0.15) is 5.75 Å². The van der Waals surface area contributed by atoms with E-state index in [-0.39, 0.29) is 5.75 Å². The highest BCUT2D eigenvalue weighted by Crippen LogP contribution is 2.33. The van der Waals surface area contributed by atoms with Crippen molar-refractivity contribution in [3.63, 3.8) is 0 Å². The number of para-hydroxylation sites is 2. The number of fused-ring (bicyclic) bond motifs is 2. The van der Waals surface area contributed by atoms with E-state index in [1.54, 1.807) is 12.1 Å². The molecule has 0 aliphatic heterocycles. The van der Waals surface area contributed by atoms with Gasteiger partial charge in [-0.05, 0) is 24.3 Å². The fraction of sp³-hybridized carbons (Fsp3) is 0.0556. The topological polar surface area (TPSA) is 62.8 Å². The molecule has 23 heavy (non-hydrogen) atoms. The summed E-state index contributed by atoms with van der Waals surface area (Å²) < 4.78 is 1.90. The van der Waals surface area contributed by atoms with Gasteiger partial charge in [-0.25, -0.2) is 4.98 Å². The Kier molecular flexibility index (Phi) is 3.05. The zero-order valence-corrected chi connectivity index (χ0v) is 12.5. The number of nitrogens with zero attached hydrogens (tertiary/aromatic N) is 4. The molecule has 0 aliphatic rings. The second kappa shape index (κ2) is 5.21. The van der Waals surface area contributed by atoms with Gasteiger partial charge in [0.15, 0.2) is 0 Å². The number of phenolic OH excluding ortho intramolecular Hbond substituents is 1. The molecular formula is C18H14N4O. The molecule has 0 unspecified atom stereocenters. The largest absolute Gasteiger partial charge is 0.507 e. The highest BCUT2D eigenvalue weighted by atomic mass is 16.3. The standard InChI is InChI=1S/C18H14N4O/c1-22-16-9-5-4-8-15(16)19-18(22)21-20-14-10-11-17(23)13-7-3-2-6-12(13)14/h2-11,23H,1H3. The van der Waals surface area contributed by atoms with Gasteiger partial charge in [-0.2, -0.15) is 0 Å². The number of phenols is 1. The maximum atomic E-state index is 9.93. The first-order chi connectivity index (χ1) is 11.2. The highest BCUT2D eigenvalue weighted by Gasteiger charge is 2.07. The van der Waals surface area contributed by atoms with Crippen LogP contribution in [-0.2, 0) is 7.05 Å². The van der Waals surface area contributed by atoms with E-state index in [2.05, 4.69) is 15.2 Å². The lowest BCUT2D eigenvalue weighted by atomic mass is 10.1. The van der Waals surface area contributed by atoms with E-state index in [1.807, 2.05) is 60.1 Å². The van der Waals surface area contributed by atoms with Gasteiger partial charge in [0.25, 0.3) is 0 Å². The number of azo groups is 1. The minimum atomic E-state index is 0.238. The summed E-state index contributed by atoms with van der Waals surface area (Å²) in [4.78, 5) is 4.48. The van der Waals surface area contributed by atoms with Crippen molar-refractivity contribution in [2.75, 3.05) is 0 Å². The van der Waals surface area contributed by atoms with Gasteiger partial charge >= 0.3 is 0 Å².